The second-order valence-corrected chi connectivity index (χ2v) is 12.6. The van der Waals surface area contributed by atoms with E-state index in [1.165, 1.54) is 0 Å². The number of carbonyl (C=O) groups excluding carboxylic acids is 2. The van der Waals surface area contributed by atoms with E-state index in [2.05, 4.69) is 18.7 Å². The summed E-state index contributed by atoms with van der Waals surface area (Å²) < 4.78 is 18.7. The molecule has 36 heavy (non-hydrogen) atoms. The lowest BCUT2D eigenvalue weighted by atomic mass is 9.42. The molecule has 7 nitrogen and oxygen atoms in total. The molecule has 8 rings (SSSR count). The number of piperidine rings is 1. The highest BCUT2D eigenvalue weighted by atomic mass is 16.6. The molecule has 1 aromatic rings. The molecule has 3 unspecified atom stereocenters. The standard InChI is InChI=1S/C29H37NO6/c1-4-30-15-27(2)12-11-19(34-3)29-18-14-17-10-13-28(33,20(18)26(32)35-17)21(24(29)30)22(23(27)29)36-25(31)16-8-6-5-7-9-16/h5-9,17-24,33H,4,10-15H2,1-3H3/t17-,18?,19-,20?,21-,22+,23?,24+,27-,28+,29-/m0/s1. The normalized spacial score (nSPS) is 50.4. The SMILES string of the molecule is CCN1C[C@]2(C)CC[C@H](OC)[C@@]34C5C[C@@H]6CC[C@@](O)(C5C(=O)O6)[C@@H]([C@@H](OC(=O)c5ccccc5)C23)[C@@H]14. The molecule has 0 radical (unpaired) electrons. The van der Waals surface area contributed by atoms with Gasteiger partial charge in [-0.1, -0.05) is 32.0 Å². The van der Waals surface area contributed by atoms with Gasteiger partial charge in [-0.15, -0.1) is 0 Å². The number of benzene rings is 1. The van der Waals surface area contributed by atoms with Crippen molar-refractivity contribution in [3.63, 3.8) is 0 Å². The number of hydrogen-bond acceptors (Lipinski definition) is 7. The van der Waals surface area contributed by atoms with E-state index in [0.29, 0.717) is 18.4 Å². The molecule has 7 aliphatic rings. The average Bonchev–Trinajstić information content (AvgIpc) is 2.92. The van der Waals surface area contributed by atoms with Crippen molar-refractivity contribution in [2.45, 2.75) is 75.9 Å². The zero-order valence-corrected chi connectivity index (χ0v) is 21.4. The Balaban J connectivity index is 1.46. The summed E-state index contributed by atoms with van der Waals surface area (Å²) in [6, 6.07) is 9.13. The minimum absolute atomic E-state index is 0.00435. The van der Waals surface area contributed by atoms with Gasteiger partial charge < -0.3 is 19.3 Å². The Hall–Kier alpha value is -1.96. The smallest absolute Gasteiger partial charge is 0.338 e. The third-order valence-corrected chi connectivity index (χ3v) is 11.3. The largest absolute Gasteiger partial charge is 0.462 e. The summed E-state index contributed by atoms with van der Waals surface area (Å²) in [5.74, 6) is -1.62. The van der Waals surface area contributed by atoms with E-state index in [9.17, 15) is 14.7 Å². The van der Waals surface area contributed by atoms with Gasteiger partial charge in [0.2, 0.25) is 0 Å². The number of likely N-dealkylation sites (tertiary alicyclic amines) is 1. The molecule has 0 amide bonds. The van der Waals surface area contributed by atoms with Gasteiger partial charge in [0.1, 0.15) is 12.2 Å². The molecule has 1 N–H and O–H groups in total. The molecular weight excluding hydrogens is 458 g/mol. The topological polar surface area (TPSA) is 85.3 Å². The van der Waals surface area contributed by atoms with Crippen molar-refractivity contribution in [2.24, 2.45) is 34.5 Å². The number of ether oxygens (including phenoxy) is 3. The molecule has 3 aliphatic heterocycles. The number of rotatable bonds is 4. The molecule has 1 aromatic carbocycles. The molecule has 4 saturated carbocycles. The summed E-state index contributed by atoms with van der Waals surface area (Å²) in [4.78, 5) is 29.6. The predicted molar refractivity (Wildman–Crippen MR) is 130 cm³/mol. The Morgan fingerprint density at radius 2 is 2.00 bits per heavy atom. The molecule has 0 aromatic heterocycles. The first-order valence-electron chi connectivity index (χ1n) is 13.8. The van der Waals surface area contributed by atoms with Crippen LogP contribution in [0.3, 0.4) is 0 Å². The van der Waals surface area contributed by atoms with Gasteiger partial charge >= 0.3 is 11.9 Å². The van der Waals surface area contributed by atoms with E-state index in [-0.39, 0.29) is 58.8 Å². The van der Waals surface area contributed by atoms with Crippen LogP contribution in [0.25, 0.3) is 0 Å². The van der Waals surface area contributed by atoms with Crippen LogP contribution in [0.4, 0.5) is 0 Å². The minimum Gasteiger partial charge on any atom is -0.462 e. The summed E-state index contributed by atoms with van der Waals surface area (Å²) in [5.41, 5.74) is -1.23. The number of hydrogen-bond donors (Lipinski definition) is 1. The quantitative estimate of drug-likeness (QED) is 0.643. The fraction of sp³-hybridized carbons (Fsp3) is 0.724. The first kappa shape index (κ1) is 23.2. The zero-order valence-electron chi connectivity index (χ0n) is 21.4. The third kappa shape index (κ3) is 2.60. The molecule has 7 heteroatoms. The predicted octanol–water partition coefficient (Wildman–Crippen LogP) is 3.05. The van der Waals surface area contributed by atoms with E-state index in [1.807, 2.05) is 18.2 Å². The second-order valence-electron chi connectivity index (χ2n) is 12.6. The molecule has 1 spiro atoms. The van der Waals surface area contributed by atoms with E-state index < -0.39 is 17.6 Å². The Bertz CT molecular complexity index is 1090. The Morgan fingerprint density at radius 1 is 1.22 bits per heavy atom. The highest BCUT2D eigenvalue weighted by Gasteiger charge is 2.85. The van der Waals surface area contributed by atoms with Crippen molar-refractivity contribution in [1.82, 2.24) is 4.90 Å². The number of nitrogens with zero attached hydrogens (tertiary/aromatic N) is 1. The number of carbonyl (C=O) groups is 2. The van der Waals surface area contributed by atoms with Crippen LogP contribution in [-0.2, 0) is 19.0 Å². The van der Waals surface area contributed by atoms with Crippen LogP contribution in [0.1, 0.15) is 56.3 Å². The van der Waals surface area contributed by atoms with E-state index in [1.54, 1.807) is 19.2 Å². The molecule has 7 fully saturated rings. The van der Waals surface area contributed by atoms with Gasteiger partial charge in [0.15, 0.2) is 0 Å². The molecular formula is C29H37NO6. The summed E-state index contributed by atoms with van der Waals surface area (Å²) in [7, 11) is 1.79. The maximum absolute atomic E-state index is 13.5. The van der Waals surface area contributed by atoms with Gasteiger partial charge in [0.05, 0.1) is 23.2 Å². The zero-order chi connectivity index (χ0) is 25.0. The molecule has 194 valence electrons. The van der Waals surface area contributed by atoms with Crippen molar-refractivity contribution < 1.29 is 28.9 Å². The van der Waals surface area contributed by atoms with Crippen molar-refractivity contribution in [2.75, 3.05) is 20.2 Å². The molecule has 9 bridgehead atoms. The molecule has 3 heterocycles. The number of aliphatic hydroxyl groups is 1. The maximum Gasteiger partial charge on any atom is 0.338 e. The summed E-state index contributed by atoms with van der Waals surface area (Å²) in [6.07, 6.45) is 3.10. The van der Waals surface area contributed by atoms with Crippen LogP contribution >= 0.6 is 0 Å². The lowest BCUT2D eigenvalue weighted by Gasteiger charge is -2.69. The van der Waals surface area contributed by atoms with E-state index in [0.717, 1.165) is 32.4 Å². The second kappa shape index (κ2) is 7.55. The Kier molecular flexibility index (Phi) is 4.86. The van der Waals surface area contributed by atoms with Crippen molar-refractivity contribution >= 4 is 11.9 Å². The molecule has 3 saturated heterocycles. The highest BCUT2D eigenvalue weighted by Crippen LogP contribution is 2.77. The fourth-order valence-corrected chi connectivity index (χ4v) is 10.5. The van der Waals surface area contributed by atoms with Gasteiger partial charge in [0.25, 0.3) is 0 Å². The monoisotopic (exact) mass is 495 g/mol. The van der Waals surface area contributed by atoms with Gasteiger partial charge in [-0.3, -0.25) is 9.69 Å². The lowest BCUT2D eigenvalue weighted by molar-refractivity contribution is -0.269. The first-order valence-corrected chi connectivity index (χ1v) is 13.8. The Morgan fingerprint density at radius 3 is 2.72 bits per heavy atom. The maximum atomic E-state index is 13.5. The van der Waals surface area contributed by atoms with Crippen LogP contribution in [0.5, 0.6) is 0 Å². The van der Waals surface area contributed by atoms with E-state index >= 15 is 0 Å². The third-order valence-electron chi connectivity index (χ3n) is 11.3. The van der Waals surface area contributed by atoms with Gasteiger partial charge in [-0.25, -0.2) is 4.79 Å². The average molecular weight is 496 g/mol. The fourth-order valence-electron chi connectivity index (χ4n) is 10.5. The summed E-state index contributed by atoms with van der Waals surface area (Å²) >= 11 is 0. The summed E-state index contributed by atoms with van der Waals surface area (Å²) in [5, 5.41) is 12.6. The first-order chi connectivity index (χ1) is 17.3. The molecule has 4 aliphatic carbocycles. The van der Waals surface area contributed by atoms with Crippen LogP contribution < -0.4 is 0 Å². The number of methoxy groups -OCH3 is 1. The van der Waals surface area contributed by atoms with Gasteiger partial charge in [0, 0.05) is 36.9 Å². The lowest BCUT2D eigenvalue weighted by Crippen LogP contribution is -2.76. The number of esters is 2. The number of fused-ring (bicyclic) bond motifs is 2. The van der Waals surface area contributed by atoms with Crippen molar-refractivity contribution in [3.05, 3.63) is 35.9 Å². The van der Waals surface area contributed by atoms with Crippen LogP contribution in [0.2, 0.25) is 0 Å². The van der Waals surface area contributed by atoms with Crippen molar-refractivity contribution in [1.29, 1.82) is 0 Å². The Labute approximate surface area is 212 Å². The van der Waals surface area contributed by atoms with Crippen LogP contribution in [0.15, 0.2) is 30.3 Å². The van der Waals surface area contributed by atoms with Gasteiger partial charge in [-0.05, 0) is 62.1 Å². The summed E-state index contributed by atoms with van der Waals surface area (Å²) in [6.45, 7) is 6.29. The minimum atomic E-state index is -1.27. The van der Waals surface area contributed by atoms with Crippen LogP contribution in [-0.4, -0.2) is 72.1 Å². The highest BCUT2D eigenvalue weighted by molar-refractivity contribution is 5.89. The molecule has 11 atom stereocenters. The van der Waals surface area contributed by atoms with Gasteiger partial charge in [-0.2, -0.15) is 0 Å². The van der Waals surface area contributed by atoms with Crippen LogP contribution in [0, 0.1) is 34.5 Å². The van der Waals surface area contributed by atoms with Crippen molar-refractivity contribution in [3.8, 4) is 0 Å². The van der Waals surface area contributed by atoms with E-state index in [4.69, 9.17) is 14.2 Å².